The fourth-order valence-electron chi connectivity index (χ4n) is 5.86. The third kappa shape index (κ3) is 8.60. The zero-order valence-corrected chi connectivity index (χ0v) is 22.6. The van der Waals surface area contributed by atoms with Gasteiger partial charge in [-0.1, -0.05) is 44.6 Å². The number of nitrogens with one attached hydrogen (secondary N) is 1. The maximum atomic E-state index is 12.3. The fraction of sp³-hybridized carbons (Fsp3) is 0.724. The molecule has 0 aromatic heterocycles. The van der Waals surface area contributed by atoms with Crippen LogP contribution in [0, 0.1) is 17.3 Å². The summed E-state index contributed by atoms with van der Waals surface area (Å²) in [5.41, 5.74) is 1.76. The van der Waals surface area contributed by atoms with Gasteiger partial charge in [0.05, 0.1) is 30.5 Å². The summed E-state index contributed by atoms with van der Waals surface area (Å²) < 4.78 is 17.1. The van der Waals surface area contributed by atoms with Gasteiger partial charge in [-0.05, 0) is 76.2 Å². The first-order valence-corrected chi connectivity index (χ1v) is 13.2. The van der Waals surface area contributed by atoms with E-state index in [1.54, 1.807) is 13.0 Å². The Bertz CT molecular complexity index is 847. The smallest absolute Gasteiger partial charge is 0.303 e. The third-order valence-electron chi connectivity index (χ3n) is 7.52. The molecule has 0 radical (unpaired) electrons. The van der Waals surface area contributed by atoms with Gasteiger partial charge in [0.1, 0.15) is 6.10 Å². The monoisotopic (exact) mass is 487 g/mol. The van der Waals surface area contributed by atoms with Crippen LogP contribution in [0.2, 0.25) is 0 Å². The summed E-state index contributed by atoms with van der Waals surface area (Å²) >= 11 is 0. The van der Waals surface area contributed by atoms with E-state index in [2.05, 4.69) is 51.2 Å². The molecule has 196 valence electrons. The molecule has 0 unspecified atom stereocenters. The van der Waals surface area contributed by atoms with Gasteiger partial charge in [-0.3, -0.25) is 9.59 Å². The van der Waals surface area contributed by atoms with Crippen LogP contribution < -0.4 is 5.32 Å². The minimum atomic E-state index is -0.432. The zero-order valence-electron chi connectivity index (χ0n) is 22.6. The molecule has 3 rings (SSSR count). The summed E-state index contributed by atoms with van der Waals surface area (Å²) in [6, 6.07) is -0.0426. The quantitative estimate of drug-likeness (QED) is 0.218. The number of ether oxygens (including phenoxy) is 3. The zero-order chi connectivity index (χ0) is 25.8. The first-order valence-electron chi connectivity index (χ1n) is 13.2. The summed E-state index contributed by atoms with van der Waals surface area (Å²) in [5, 5.41) is 3.04. The lowest BCUT2D eigenvalue weighted by molar-refractivity contribution is -0.143. The van der Waals surface area contributed by atoms with Gasteiger partial charge in [-0.2, -0.15) is 0 Å². The number of esters is 1. The van der Waals surface area contributed by atoms with Crippen LogP contribution in [0.5, 0.6) is 0 Å². The number of allylic oxidation sites excluding steroid dienone is 3. The summed E-state index contributed by atoms with van der Waals surface area (Å²) in [6.45, 7) is 15.1. The second-order valence-corrected chi connectivity index (χ2v) is 11.9. The Hall–Kier alpha value is -1.92. The first-order chi connectivity index (χ1) is 16.4. The van der Waals surface area contributed by atoms with Gasteiger partial charge in [-0.15, -0.1) is 0 Å². The molecule has 1 spiro atoms. The molecule has 2 heterocycles. The number of amides is 1. The van der Waals surface area contributed by atoms with Crippen molar-refractivity contribution in [1.29, 1.82) is 0 Å². The third-order valence-corrected chi connectivity index (χ3v) is 7.52. The van der Waals surface area contributed by atoms with Crippen molar-refractivity contribution in [3.8, 4) is 0 Å². The number of carbonyl (C=O) groups is 2. The van der Waals surface area contributed by atoms with Gasteiger partial charge in [-0.25, -0.2) is 0 Å². The molecule has 1 amide bonds. The summed E-state index contributed by atoms with van der Waals surface area (Å²) in [5.74, 6) is 0.348. The van der Waals surface area contributed by atoms with Crippen molar-refractivity contribution in [2.75, 3.05) is 6.61 Å². The molecule has 0 aromatic rings. The van der Waals surface area contributed by atoms with E-state index in [0.717, 1.165) is 25.9 Å². The van der Waals surface area contributed by atoms with Crippen molar-refractivity contribution in [3.05, 3.63) is 36.0 Å². The standard InChI is InChI=1S/C29H45NO5/c1-19(8-11-24-15-28(6,7)17-29(16-24)18-33-29)9-12-26-20(2)14-25(22(4)35-26)30-27(32)13-10-21(3)34-23(5)31/h8-11,13,20-22,24-26H,12,14-18H2,1-7H3,(H,30,32)/b11-8+,13-10-,19-9+/t20-,21-,22+,24-,25+,26-,29+/m0/s1. The van der Waals surface area contributed by atoms with Crippen molar-refractivity contribution in [2.24, 2.45) is 17.3 Å². The van der Waals surface area contributed by atoms with Gasteiger partial charge < -0.3 is 19.5 Å². The van der Waals surface area contributed by atoms with E-state index in [1.165, 1.54) is 31.4 Å². The molecule has 3 aliphatic rings. The average molecular weight is 488 g/mol. The second kappa shape index (κ2) is 11.4. The number of hydrogen-bond donors (Lipinski definition) is 1. The van der Waals surface area contributed by atoms with Crippen LogP contribution in [0.1, 0.15) is 80.6 Å². The SMILES string of the molecule is CC(=O)O[C@@H](C)/C=C\C(=O)N[C@@H]1C[C@H](C)[C@H](C/C=C(C)/C=C/[C@H]2CC(C)(C)C[C@@]3(CO3)C2)O[C@@H]1C. The summed E-state index contributed by atoms with van der Waals surface area (Å²) in [6.07, 6.45) is 14.9. The van der Waals surface area contributed by atoms with E-state index in [0.29, 0.717) is 17.3 Å². The van der Waals surface area contributed by atoms with Crippen LogP contribution in [-0.4, -0.2) is 48.4 Å². The minimum absolute atomic E-state index is 0.0426. The van der Waals surface area contributed by atoms with Gasteiger partial charge in [0.15, 0.2) is 0 Å². The minimum Gasteiger partial charge on any atom is -0.459 e. The molecule has 1 aliphatic carbocycles. The fourth-order valence-corrected chi connectivity index (χ4v) is 5.86. The van der Waals surface area contributed by atoms with E-state index in [-0.39, 0.29) is 35.7 Å². The van der Waals surface area contributed by atoms with Gasteiger partial charge in [0, 0.05) is 13.0 Å². The van der Waals surface area contributed by atoms with Crippen LogP contribution in [0.3, 0.4) is 0 Å². The molecule has 1 saturated carbocycles. The van der Waals surface area contributed by atoms with Gasteiger partial charge >= 0.3 is 5.97 Å². The maximum absolute atomic E-state index is 12.3. The number of epoxide rings is 1. The van der Waals surface area contributed by atoms with Crippen molar-refractivity contribution < 1.29 is 23.8 Å². The lowest BCUT2D eigenvalue weighted by Crippen LogP contribution is -2.50. The maximum Gasteiger partial charge on any atom is 0.303 e. The Morgan fingerprint density at radius 3 is 2.54 bits per heavy atom. The number of rotatable bonds is 8. The van der Waals surface area contributed by atoms with Crippen LogP contribution in [-0.2, 0) is 23.8 Å². The van der Waals surface area contributed by atoms with E-state index in [4.69, 9.17) is 14.2 Å². The molecule has 7 atom stereocenters. The van der Waals surface area contributed by atoms with E-state index in [1.807, 2.05) is 6.92 Å². The predicted molar refractivity (Wildman–Crippen MR) is 138 cm³/mol. The Kier molecular flexibility index (Phi) is 9.03. The predicted octanol–water partition coefficient (Wildman–Crippen LogP) is 5.28. The van der Waals surface area contributed by atoms with E-state index < -0.39 is 6.10 Å². The Labute approximate surface area is 211 Å². The van der Waals surface area contributed by atoms with Crippen LogP contribution in [0.15, 0.2) is 36.0 Å². The highest BCUT2D eigenvalue weighted by Gasteiger charge is 2.52. The van der Waals surface area contributed by atoms with E-state index in [9.17, 15) is 9.59 Å². The van der Waals surface area contributed by atoms with Crippen molar-refractivity contribution >= 4 is 11.9 Å². The highest BCUT2D eigenvalue weighted by Crippen LogP contribution is 2.52. The highest BCUT2D eigenvalue weighted by molar-refractivity contribution is 5.87. The summed E-state index contributed by atoms with van der Waals surface area (Å²) in [7, 11) is 0. The van der Waals surface area contributed by atoms with Crippen LogP contribution in [0.25, 0.3) is 0 Å². The molecule has 6 nitrogen and oxygen atoms in total. The first kappa shape index (κ1) is 27.7. The number of carbonyl (C=O) groups excluding carboxylic acids is 2. The molecule has 2 aliphatic heterocycles. The van der Waals surface area contributed by atoms with Crippen molar-refractivity contribution in [2.45, 2.75) is 111 Å². The van der Waals surface area contributed by atoms with Gasteiger partial charge in [0.25, 0.3) is 0 Å². The topological polar surface area (TPSA) is 77.2 Å². The molecule has 2 saturated heterocycles. The average Bonchev–Trinajstić information content (AvgIpc) is 3.47. The Morgan fingerprint density at radius 2 is 1.89 bits per heavy atom. The molecule has 1 N–H and O–H groups in total. The number of hydrogen-bond acceptors (Lipinski definition) is 5. The van der Waals surface area contributed by atoms with Crippen molar-refractivity contribution in [1.82, 2.24) is 5.32 Å². The molecule has 0 aromatic carbocycles. The lowest BCUT2D eigenvalue weighted by Gasteiger charge is -2.39. The Balaban J connectivity index is 1.46. The molecule has 6 heteroatoms. The second-order valence-electron chi connectivity index (χ2n) is 11.9. The van der Waals surface area contributed by atoms with E-state index >= 15 is 0 Å². The molecule has 3 fully saturated rings. The van der Waals surface area contributed by atoms with Crippen LogP contribution >= 0.6 is 0 Å². The lowest BCUT2D eigenvalue weighted by atomic mass is 9.67. The highest BCUT2D eigenvalue weighted by atomic mass is 16.6. The summed E-state index contributed by atoms with van der Waals surface area (Å²) in [4.78, 5) is 23.3. The molecule has 35 heavy (non-hydrogen) atoms. The van der Waals surface area contributed by atoms with Crippen LogP contribution in [0.4, 0.5) is 0 Å². The van der Waals surface area contributed by atoms with Gasteiger partial charge in [0.2, 0.25) is 5.91 Å². The normalized spacial score (nSPS) is 35.9. The molecular weight excluding hydrogens is 442 g/mol. The molecular formula is C29H45NO5. The molecule has 0 bridgehead atoms. The largest absolute Gasteiger partial charge is 0.459 e. The Morgan fingerprint density at radius 1 is 1.17 bits per heavy atom. The van der Waals surface area contributed by atoms with Crippen molar-refractivity contribution in [3.63, 3.8) is 0 Å².